The van der Waals surface area contributed by atoms with Gasteiger partial charge in [0, 0.05) is 45.1 Å². The van der Waals surface area contributed by atoms with Crippen LogP contribution in [0.2, 0.25) is 0 Å². The summed E-state index contributed by atoms with van der Waals surface area (Å²) in [4.78, 5) is 30.1. The third kappa shape index (κ3) is 7.37. The third-order valence-corrected chi connectivity index (χ3v) is 10.5. The highest BCUT2D eigenvalue weighted by molar-refractivity contribution is 5.97. The van der Waals surface area contributed by atoms with Crippen LogP contribution in [0.1, 0.15) is 0 Å². The van der Waals surface area contributed by atoms with Gasteiger partial charge in [-0.15, -0.1) is 0 Å². The number of hydrogen-bond acceptors (Lipinski definition) is 6. The van der Waals surface area contributed by atoms with Crippen LogP contribution in [0.4, 0.5) is 0 Å². The summed E-state index contributed by atoms with van der Waals surface area (Å²) in [6.07, 6.45) is 1.84. The lowest BCUT2D eigenvalue weighted by atomic mass is 9.87. The van der Waals surface area contributed by atoms with Crippen LogP contribution in [0, 0.1) is 0 Å². The Kier molecular flexibility index (Phi) is 9.84. The minimum Gasteiger partial charge on any atom is -0.256 e. The van der Waals surface area contributed by atoms with Gasteiger partial charge in [0.2, 0.25) is 0 Å². The molecule has 0 amide bonds. The molecule has 6 heteroatoms. The topological polar surface area (TPSA) is 77.3 Å². The van der Waals surface area contributed by atoms with Crippen molar-refractivity contribution in [1.29, 1.82) is 0 Å². The van der Waals surface area contributed by atoms with E-state index in [1.54, 1.807) is 0 Å². The monoisotopic (exact) mass is 768 g/mol. The predicted octanol–water partition coefficient (Wildman–Crippen LogP) is 13.1. The van der Waals surface area contributed by atoms with E-state index in [-0.39, 0.29) is 0 Å². The van der Waals surface area contributed by atoms with Crippen molar-refractivity contribution in [1.82, 2.24) is 29.9 Å². The fourth-order valence-corrected chi connectivity index (χ4v) is 7.54. The van der Waals surface area contributed by atoms with E-state index >= 15 is 0 Å². The van der Waals surface area contributed by atoms with Crippen molar-refractivity contribution in [2.45, 2.75) is 0 Å². The van der Waals surface area contributed by atoms with Gasteiger partial charge < -0.3 is 0 Å². The molecule has 0 fully saturated rings. The third-order valence-electron chi connectivity index (χ3n) is 10.5. The van der Waals surface area contributed by atoms with E-state index in [9.17, 15) is 0 Å². The maximum Gasteiger partial charge on any atom is 0.164 e. The summed E-state index contributed by atoms with van der Waals surface area (Å²) in [7, 11) is 0. The van der Waals surface area contributed by atoms with Crippen molar-refractivity contribution in [3.8, 4) is 102 Å². The minimum absolute atomic E-state index is 0.593. The van der Waals surface area contributed by atoms with Gasteiger partial charge in [0.1, 0.15) is 0 Å². The second-order valence-electron chi connectivity index (χ2n) is 14.3. The maximum absolute atomic E-state index is 5.13. The molecule has 0 aliphatic rings. The highest BCUT2D eigenvalue weighted by atomic mass is 15.0. The molecule has 0 spiro atoms. The molecule has 0 unspecified atom stereocenters. The summed E-state index contributed by atoms with van der Waals surface area (Å²) in [6.45, 7) is 0. The smallest absolute Gasteiger partial charge is 0.164 e. The zero-order chi connectivity index (χ0) is 40.1. The first-order valence-corrected chi connectivity index (χ1v) is 19.9. The fourth-order valence-electron chi connectivity index (χ4n) is 7.54. The molecular formula is C54H36N6. The van der Waals surface area contributed by atoms with Gasteiger partial charge in [-0.25, -0.2) is 24.9 Å². The van der Waals surface area contributed by atoms with Crippen molar-refractivity contribution in [2.75, 3.05) is 0 Å². The molecule has 60 heavy (non-hydrogen) atoms. The van der Waals surface area contributed by atoms with Crippen LogP contribution in [-0.4, -0.2) is 29.9 Å². The molecule has 0 radical (unpaired) electrons. The van der Waals surface area contributed by atoms with Gasteiger partial charge in [-0.1, -0.05) is 194 Å². The largest absolute Gasteiger partial charge is 0.256 e. The average molecular weight is 769 g/mol. The van der Waals surface area contributed by atoms with Crippen molar-refractivity contribution in [3.05, 3.63) is 219 Å². The zero-order valence-corrected chi connectivity index (χ0v) is 32.5. The molecule has 10 rings (SSSR count). The second kappa shape index (κ2) is 16.3. The number of hydrogen-bond donors (Lipinski definition) is 0. The number of aromatic nitrogens is 6. The van der Waals surface area contributed by atoms with E-state index < -0.39 is 0 Å². The van der Waals surface area contributed by atoms with Crippen LogP contribution >= 0.6 is 0 Å². The first kappa shape index (κ1) is 36.1. The summed E-state index contributed by atoms with van der Waals surface area (Å²) in [6, 6.07) is 72.1. The first-order valence-electron chi connectivity index (χ1n) is 19.9. The van der Waals surface area contributed by atoms with Crippen LogP contribution in [0.15, 0.2) is 219 Å². The zero-order valence-electron chi connectivity index (χ0n) is 32.5. The van der Waals surface area contributed by atoms with E-state index in [4.69, 9.17) is 29.9 Å². The van der Waals surface area contributed by atoms with Gasteiger partial charge in [-0.2, -0.15) is 0 Å². The van der Waals surface area contributed by atoms with Crippen LogP contribution in [0.3, 0.4) is 0 Å². The lowest BCUT2D eigenvalue weighted by molar-refractivity contribution is 1.07. The Bertz CT molecular complexity index is 2930. The van der Waals surface area contributed by atoms with E-state index in [2.05, 4.69) is 84.9 Å². The molecule has 0 bridgehead atoms. The molecular weight excluding hydrogens is 733 g/mol. The molecule has 0 saturated heterocycles. The van der Waals surface area contributed by atoms with Gasteiger partial charge in [-0.3, -0.25) is 4.98 Å². The van der Waals surface area contributed by atoms with E-state index in [0.29, 0.717) is 23.3 Å². The molecule has 0 N–H and O–H groups in total. The molecule has 0 aliphatic heterocycles. The SMILES string of the molecule is c1ccc(-c2cc(-c3ccc(-c4c(-c5ccccn5)cccc4-c4ccccc4-c4nc(-c5ccccc5)nc(-c5ccccc5)n4)cc3)nc(-c3ccccc3)n2)cc1. The average Bonchev–Trinajstić information content (AvgIpc) is 3.35. The van der Waals surface area contributed by atoms with Crippen LogP contribution in [0.5, 0.6) is 0 Å². The Hall–Kier alpha value is -8.22. The molecule has 7 aromatic carbocycles. The van der Waals surface area contributed by atoms with Gasteiger partial charge >= 0.3 is 0 Å². The summed E-state index contributed by atoms with van der Waals surface area (Å²) >= 11 is 0. The van der Waals surface area contributed by atoms with Crippen LogP contribution in [-0.2, 0) is 0 Å². The number of rotatable bonds is 9. The Morgan fingerprint density at radius 2 is 0.650 bits per heavy atom. The molecule has 0 atom stereocenters. The normalized spacial score (nSPS) is 11.0. The Balaban J connectivity index is 1.13. The summed E-state index contributed by atoms with van der Waals surface area (Å²) < 4.78 is 0. The van der Waals surface area contributed by atoms with Crippen LogP contribution < -0.4 is 0 Å². The standard InChI is InChI=1S/C54H36N6/c1-5-18-37(19-6-1)48-36-49(57-51(56-48)40-20-7-2-8-21-40)38-31-33-39(34-32-38)50-44(28-17-29-46(50)47-30-15-16-35-55-47)43-26-13-14-27-45(43)54-59-52(41-22-9-3-10-23-41)58-53(60-54)42-24-11-4-12-25-42/h1-36H. The number of nitrogens with zero attached hydrogens (tertiary/aromatic N) is 6. The van der Waals surface area contributed by atoms with Gasteiger partial charge in [0.25, 0.3) is 0 Å². The molecule has 3 aromatic heterocycles. The lowest BCUT2D eigenvalue weighted by Crippen LogP contribution is -2.01. The van der Waals surface area contributed by atoms with E-state index in [0.717, 1.165) is 78.3 Å². The Morgan fingerprint density at radius 3 is 1.20 bits per heavy atom. The molecule has 6 nitrogen and oxygen atoms in total. The van der Waals surface area contributed by atoms with Crippen molar-refractivity contribution in [2.24, 2.45) is 0 Å². The van der Waals surface area contributed by atoms with Crippen molar-refractivity contribution in [3.63, 3.8) is 0 Å². The lowest BCUT2D eigenvalue weighted by Gasteiger charge is -2.18. The van der Waals surface area contributed by atoms with E-state index in [1.165, 1.54) is 0 Å². The molecule has 10 aromatic rings. The number of benzene rings is 7. The number of pyridine rings is 1. The van der Waals surface area contributed by atoms with Crippen molar-refractivity contribution < 1.29 is 0 Å². The van der Waals surface area contributed by atoms with Gasteiger partial charge in [0.15, 0.2) is 23.3 Å². The Labute approximate surface area is 348 Å². The summed E-state index contributed by atoms with van der Waals surface area (Å²) in [5, 5.41) is 0. The Morgan fingerprint density at radius 1 is 0.233 bits per heavy atom. The molecule has 0 saturated carbocycles. The van der Waals surface area contributed by atoms with Crippen LogP contribution in [0.25, 0.3) is 102 Å². The molecule has 3 heterocycles. The highest BCUT2D eigenvalue weighted by Gasteiger charge is 2.21. The van der Waals surface area contributed by atoms with Gasteiger partial charge in [0.05, 0.1) is 17.1 Å². The maximum atomic E-state index is 5.13. The fraction of sp³-hybridized carbons (Fsp3) is 0. The predicted molar refractivity (Wildman–Crippen MR) is 242 cm³/mol. The molecule has 282 valence electrons. The second-order valence-corrected chi connectivity index (χ2v) is 14.3. The highest BCUT2D eigenvalue weighted by Crippen LogP contribution is 2.43. The molecule has 0 aliphatic carbocycles. The van der Waals surface area contributed by atoms with E-state index in [1.807, 2.05) is 134 Å². The summed E-state index contributed by atoms with van der Waals surface area (Å²) in [5.41, 5.74) is 13.4. The van der Waals surface area contributed by atoms with Crippen molar-refractivity contribution >= 4 is 0 Å². The quantitative estimate of drug-likeness (QED) is 0.145. The first-order chi connectivity index (χ1) is 29.7. The van der Waals surface area contributed by atoms with Gasteiger partial charge in [-0.05, 0) is 40.5 Å². The summed E-state index contributed by atoms with van der Waals surface area (Å²) in [5.74, 6) is 2.50. The minimum atomic E-state index is 0.593.